The van der Waals surface area contributed by atoms with Crippen molar-refractivity contribution in [2.24, 2.45) is 0 Å². The Morgan fingerprint density at radius 2 is 1.54 bits per heavy atom. The molecule has 4 nitrogen and oxygen atoms in total. The van der Waals surface area contributed by atoms with Crippen molar-refractivity contribution in [2.45, 2.75) is 32.0 Å². The first-order valence-corrected chi connectivity index (χ1v) is 12.5. The minimum Gasteiger partial charge on any atom is -0.378 e. The number of rotatable bonds is 8. The molecule has 35 heavy (non-hydrogen) atoms. The second-order valence-electron chi connectivity index (χ2n) is 9.51. The highest BCUT2D eigenvalue weighted by atomic mass is 19.1. The standard InChI is InChI=1S/C29H33F2N3O/c30-26-6-1-22(2-7-26)17-29-19-25-18-27(31)8-5-24(25)21-34(29)12-11-32-20-23-3-9-28(10-4-23)33-13-15-35-16-14-33/h1-10,18,29,32H,11-17,19-21H2. The quantitative estimate of drug-likeness (QED) is 0.482. The molecule has 0 radical (unpaired) electrons. The monoisotopic (exact) mass is 477 g/mol. The molecule has 2 aliphatic heterocycles. The van der Waals surface area contributed by atoms with Crippen molar-refractivity contribution in [1.29, 1.82) is 0 Å². The average Bonchev–Trinajstić information content (AvgIpc) is 2.89. The lowest BCUT2D eigenvalue weighted by Crippen LogP contribution is -2.44. The first-order chi connectivity index (χ1) is 17.1. The van der Waals surface area contributed by atoms with Gasteiger partial charge in [-0.25, -0.2) is 8.78 Å². The van der Waals surface area contributed by atoms with Crippen molar-refractivity contribution >= 4 is 5.69 Å². The van der Waals surface area contributed by atoms with Crippen LogP contribution in [-0.2, 0) is 30.7 Å². The molecule has 1 N–H and O–H groups in total. The van der Waals surface area contributed by atoms with Crippen LogP contribution >= 0.6 is 0 Å². The molecule has 0 spiro atoms. The Balaban J connectivity index is 1.17. The number of hydrogen-bond acceptors (Lipinski definition) is 4. The predicted octanol–water partition coefficient (Wildman–Crippen LogP) is 4.56. The molecule has 1 saturated heterocycles. The summed E-state index contributed by atoms with van der Waals surface area (Å²) in [7, 11) is 0. The third-order valence-electron chi connectivity index (χ3n) is 7.12. The largest absolute Gasteiger partial charge is 0.378 e. The molecule has 2 heterocycles. The van der Waals surface area contributed by atoms with E-state index < -0.39 is 0 Å². The fourth-order valence-electron chi connectivity index (χ4n) is 5.13. The Bertz CT molecular complexity index is 1100. The van der Waals surface area contributed by atoms with Crippen molar-refractivity contribution < 1.29 is 13.5 Å². The summed E-state index contributed by atoms with van der Waals surface area (Å²) in [4.78, 5) is 4.83. The first kappa shape index (κ1) is 23.9. The molecule has 184 valence electrons. The van der Waals surface area contributed by atoms with Crippen LogP contribution in [0, 0.1) is 11.6 Å². The molecule has 0 amide bonds. The fourth-order valence-corrected chi connectivity index (χ4v) is 5.13. The molecule has 5 rings (SSSR count). The highest BCUT2D eigenvalue weighted by Crippen LogP contribution is 2.26. The van der Waals surface area contributed by atoms with Gasteiger partial charge in [0.05, 0.1) is 13.2 Å². The zero-order chi connectivity index (χ0) is 24.0. The number of nitrogens with one attached hydrogen (secondary N) is 1. The predicted molar refractivity (Wildman–Crippen MR) is 136 cm³/mol. The third-order valence-corrected chi connectivity index (χ3v) is 7.12. The van der Waals surface area contributed by atoms with Gasteiger partial charge in [-0.15, -0.1) is 0 Å². The second-order valence-corrected chi connectivity index (χ2v) is 9.51. The molecule has 0 aliphatic carbocycles. The van der Waals surface area contributed by atoms with E-state index in [0.29, 0.717) is 0 Å². The van der Waals surface area contributed by atoms with Crippen LogP contribution in [-0.4, -0.2) is 50.3 Å². The summed E-state index contributed by atoms with van der Waals surface area (Å²) in [6, 6.07) is 20.9. The molecule has 2 aliphatic rings. The second kappa shape index (κ2) is 11.3. The summed E-state index contributed by atoms with van der Waals surface area (Å²) >= 11 is 0. The van der Waals surface area contributed by atoms with Gasteiger partial charge in [0.25, 0.3) is 0 Å². The summed E-state index contributed by atoms with van der Waals surface area (Å²) < 4.78 is 32.7. The summed E-state index contributed by atoms with van der Waals surface area (Å²) in [5.74, 6) is -0.400. The number of fused-ring (bicyclic) bond motifs is 1. The van der Waals surface area contributed by atoms with E-state index in [1.54, 1.807) is 12.1 Å². The molecular weight excluding hydrogens is 444 g/mol. The maximum atomic E-state index is 13.9. The molecule has 0 aromatic heterocycles. The van der Waals surface area contributed by atoms with Gasteiger partial charge in [-0.1, -0.05) is 30.3 Å². The number of halogens is 2. The van der Waals surface area contributed by atoms with Crippen LogP contribution in [0.1, 0.15) is 22.3 Å². The Kier molecular flexibility index (Phi) is 7.72. The third kappa shape index (κ3) is 6.26. The van der Waals surface area contributed by atoms with Gasteiger partial charge in [0.2, 0.25) is 0 Å². The first-order valence-electron chi connectivity index (χ1n) is 12.5. The van der Waals surface area contributed by atoms with Gasteiger partial charge < -0.3 is 15.0 Å². The SMILES string of the molecule is Fc1ccc(CC2Cc3cc(F)ccc3CN2CCNCc2ccc(N3CCOCC3)cc2)cc1. The van der Waals surface area contributed by atoms with E-state index >= 15 is 0 Å². The minimum atomic E-state index is -0.219. The minimum absolute atomic E-state index is 0.181. The number of nitrogens with zero attached hydrogens (tertiary/aromatic N) is 2. The lowest BCUT2D eigenvalue weighted by atomic mass is 9.90. The fraction of sp³-hybridized carbons (Fsp3) is 0.379. The Morgan fingerprint density at radius 3 is 2.31 bits per heavy atom. The van der Waals surface area contributed by atoms with Crippen LogP contribution in [0.25, 0.3) is 0 Å². The normalized spacial score (nSPS) is 18.5. The Labute approximate surface area is 206 Å². The summed E-state index contributed by atoms with van der Waals surface area (Å²) in [5.41, 5.74) is 5.91. The van der Waals surface area contributed by atoms with Gasteiger partial charge in [-0.3, -0.25) is 4.90 Å². The van der Waals surface area contributed by atoms with Crippen LogP contribution in [0.15, 0.2) is 66.7 Å². The van der Waals surface area contributed by atoms with E-state index in [2.05, 4.69) is 39.4 Å². The van der Waals surface area contributed by atoms with Crippen molar-refractivity contribution in [1.82, 2.24) is 10.2 Å². The number of anilines is 1. The van der Waals surface area contributed by atoms with Gasteiger partial charge in [0.15, 0.2) is 0 Å². The van der Waals surface area contributed by atoms with E-state index in [1.807, 2.05) is 18.2 Å². The Morgan fingerprint density at radius 1 is 0.829 bits per heavy atom. The van der Waals surface area contributed by atoms with Gasteiger partial charge in [0.1, 0.15) is 11.6 Å². The van der Waals surface area contributed by atoms with Crippen molar-refractivity contribution in [3.05, 3.63) is 101 Å². The van der Waals surface area contributed by atoms with Crippen LogP contribution in [0.4, 0.5) is 14.5 Å². The smallest absolute Gasteiger partial charge is 0.123 e. The molecule has 3 aromatic carbocycles. The molecule has 0 saturated carbocycles. The van der Waals surface area contributed by atoms with Crippen LogP contribution in [0.5, 0.6) is 0 Å². The molecule has 1 unspecified atom stereocenters. The highest BCUT2D eigenvalue weighted by molar-refractivity contribution is 5.47. The van der Waals surface area contributed by atoms with Crippen LogP contribution in [0.2, 0.25) is 0 Å². The number of ether oxygens (including phenoxy) is 1. The molecule has 0 bridgehead atoms. The average molecular weight is 478 g/mol. The highest BCUT2D eigenvalue weighted by Gasteiger charge is 2.26. The lowest BCUT2D eigenvalue weighted by Gasteiger charge is -2.37. The van der Waals surface area contributed by atoms with Gasteiger partial charge >= 0.3 is 0 Å². The van der Waals surface area contributed by atoms with Crippen LogP contribution in [0.3, 0.4) is 0 Å². The molecule has 1 fully saturated rings. The van der Waals surface area contributed by atoms with E-state index in [9.17, 15) is 8.78 Å². The summed E-state index contributed by atoms with van der Waals surface area (Å²) in [5, 5.41) is 3.59. The van der Waals surface area contributed by atoms with E-state index in [-0.39, 0.29) is 17.7 Å². The van der Waals surface area contributed by atoms with Gasteiger partial charge in [-0.05, 0) is 71.5 Å². The topological polar surface area (TPSA) is 27.7 Å². The number of hydrogen-bond donors (Lipinski definition) is 1. The van der Waals surface area contributed by atoms with Gasteiger partial charge in [-0.2, -0.15) is 0 Å². The molecular formula is C29H33F2N3O. The molecule has 3 aromatic rings. The zero-order valence-corrected chi connectivity index (χ0v) is 20.1. The number of morpholine rings is 1. The van der Waals surface area contributed by atoms with Crippen molar-refractivity contribution in [3.8, 4) is 0 Å². The Hall–Kier alpha value is -2.80. The van der Waals surface area contributed by atoms with Crippen LogP contribution < -0.4 is 10.2 Å². The lowest BCUT2D eigenvalue weighted by molar-refractivity contribution is 0.122. The molecule has 1 atom stereocenters. The van der Waals surface area contributed by atoms with E-state index in [0.717, 1.165) is 76.5 Å². The number of benzene rings is 3. The zero-order valence-electron chi connectivity index (χ0n) is 20.1. The summed E-state index contributed by atoms with van der Waals surface area (Å²) in [6.45, 7) is 6.86. The van der Waals surface area contributed by atoms with E-state index in [1.165, 1.54) is 28.9 Å². The van der Waals surface area contributed by atoms with Gasteiger partial charge in [0, 0.05) is 51.0 Å². The summed E-state index contributed by atoms with van der Waals surface area (Å²) in [6.07, 6.45) is 1.62. The van der Waals surface area contributed by atoms with Crippen molar-refractivity contribution in [3.63, 3.8) is 0 Å². The van der Waals surface area contributed by atoms with E-state index in [4.69, 9.17) is 4.74 Å². The molecule has 6 heteroatoms. The maximum Gasteiger partial charge on any atom is 0.123 e. The maximum absolute atomic E-state index is 13.9. The van der Waals surface area contributed by atoms with Crippen molar-refractivity contribution in [2.75, 3.05) is 44.3 Å².